The number of ether oxygens (including phenoxy) is 18. The van der Waals surface area contributed by atoms with Crippen LogP contribution in [0.15, 0.2) is 0 Å². The van der Waals surface area contributed by atoms with E-state index in [9.17, 15) is 62.3 Å². The van der Waals surface area contributed by atoms with Gasteiger partial charge < -0.3 is 178 Å². The highest BCUT2D eigenvalue weighted by atomic mass is 16.6. The van der Waals surface area contributed by atoms with Gasteiger partial charge in [-0.25, -0.2) is 0 Å². The SMILES string of the molecule is COCCOCCOCCN(CC(C)=O)C(=O)CN(CCN)C(=O)CN(CCOCCOCCOC)C(=O)CN(CCN)C(=O)CN(CCOCCOCCOC)C(=O)CN(CCN)C(=O)CN(CCOCCOCCOC)C(=O)CN(CCN)C(=O)CN(CCOCCOCCOC)C(=O)CN(CCN)C(=O)CN(CCOCCOCCOC)C(=O)CN(CCN)C(C)=O. The molecule has 12 amide bonds. The van der Waals surface area contributed by atoms with Crippen molar-refractivity contribution in [3.63, 3.8) is 0 Å². The first-order valence-corrected chi connectivity index (χ1v) is 43.7. The van der Waals surface area contributed by atoms with E-state index in [1.807, 2.05) is 0 Å². The van der Waals surface area contributed by atoms with Gasteiger partial charge in [-0.15, -0.1) is 0 Å². The van der Waals surface area contributed by atoms with Crippen molar-refractivity contribution < 1.29 is 148 Å². The lowest BCUT2D eigenvalue weighted by Gasteiger charge is -2.33. The predicted octanol–water partition coefficient (Wildman–Crippen LogP) is -9.63. The summed E-state index contributed by atoms with van der Waals surface area (Å²) in [6.45, 7) is -3.63. The summed E-state index contributed by atoms with van der Waals surface area (Å²) in [5, 5.41) is 0. The van der Waals surface area contributed by atoms with Crippen molar-refractivity contribution >= 4 is 76.7 Å². The van der Waals surface area contributed by atoms with Crippen molar-refractivity contribution in [3.05, 3.63) is 0 Å². The molecule has 0 unspecified atom stereocenters. The molecular formula is C81H156N18O31. The van der Waals surface area contributed by atoms with E-state index in [2.05, 4.69) is 0 Å². The molecule has 0 saturated carbocycles. The van der Waals surface area contributed by atoms with Gasteiger partial charge in [0, 0.05) is 167 Å². The Morgan fingerprint density at radius 1 is 0.162 bits per heavy atom. The molecule has 756 valence electrons. The first kappa shape index (κ1) is 122. The molecule has 0 atom stereocenters. The van der Waals surface area contributed by atoms with Crippen LogP contribution >= 0.6 is 0 Å². The monoisotopic (exact) mass is 1880 g/mol. The number of rotatable bonds is 90. The largest absolute Gasteiger partial charge is 0.382 e. The quantitative estimate of drug-likeness (QED) is 0.0308. The summed E-state index contributed by atoms with van der Waals surface area (Å²) in [4.78, 5) is 199. The molecule has 12 N–H and O–H groups in total. The third kappa shape index (κ3) is 62.0. The fourth-order valence-electron chi connectivity index (χ4n) is 11.5. The Hall–Kier alpha value is -7.65. The zero-order valence-corrected chi connectivity index (χ0v) is 78.4. The summed E-state index contributed by atoms with van der Waals surface area (Å²) in [7, 11) is 9.11. The topological polar surface area (TPSA) is 583 Å². The Bertz CT molecular complexity index is 3030. The van der Waals surface area contributed by atoms with E-state index in [-0.39, 0.29) is 275 Å². The van der Waals surface area contributed by atoms with E-state index in [0.29, 0.717) is 52.9 Å². The van der Waals surface area contributed by atoms with Crippen molar-refractivity contribution in [1.82, 2.24) is 58.8 Å². The van der Waals surface area contributed by atoms with Crippen LogP contribution in [0.1, 0.15) is 13.8 Å². The van der Waals surface area contributed by atoms with Crippen LogP contribution in [-0.4, -0.2) is 573 Å². The second-order valence-corrected chi connectivity index (χ2v) is 28.6. The van der Waals surface area contributed by atoms with Crippen LogP contribution in [0.2, 0.25) is 0 Å². The van der Waals surface area contributed by atoms with Gasteiger partial charge in [-0.2, -0.15) is 0 Å². The van der Waals surface area contributed by atoms with Crippen molar-refractivity contribution in [1.29, 1.82) is 0 Å². The lowest BCUT2D eigenvalue weighted by atomic mass is 10.3. The average Bonchev–Trinajstić information content (AvgIpc) is 0.854. The minimum Gasteiger partial charge on any atom is -0.382 e. The van der Waals surface area contributed by atoms with Crippen LogP contribution in [0.5, 0.6) is 0 Å². The Labute approximate surface area is 765 Å². The van der Waals surface area contributed by atoms with Crippen LogP contribution in [-0.2, 0) is 148 Å². The number of amides is 12. The van der Waals surface area contributed by atoms with E-state index in [4.69, 9.17) is 120 Å². The molecule has 0 aliphatic rings. The smallest absolute Gasteiger partial charge is 0.242 e. The number of carbonyl (C=O) groups is 13. The molecule has 0 aromatic heterocycles. The molecule has 0 fully saturated rings. The zero-order valence-electron chi connectivity index (χ0n) is 78.4. The molecule has 49 nitrogen and oxygen atoms in total. The lowest BCUT2D eigenvalue weighted by molar-refractivity contribution is -0.150. The minimum atomic E-state index is -0.832. The third-order valence-corrected chi connectivity index (χ3v) is 18.6. The Morgan fingerprint density at radius 3 is 0.408 bits per heavy atom. The molecule has 0 radical (unpaired) electrons. The van der Waals surface area contributed by atoms with Crippen LogP contribution in [0.4, 0.5) is 0 Å². The van der Waals surface area contributed by atoms with Gasteiger partial charge in [0.15, 0.2) is 0 Å². The molecule has 0 aliphatic carbocycles. The molecule has 130 heavy (non-hydrogen) atoms. The number of hydrogen-bond donors (Lipinski definition) is 6. The maximum absolute atomic E-state index is 15.0. The Balaban J connectivity index is 7.68. The third-order valence-electron chi connectivity index (χ3n) is 18.6. The van der Waals surface area contributed by atoms with Crippen molar-refractivity contribution in [2.24, 2.45) is 34.4 Å². The molecule has 0 aliphatic heterocycles. The van der Waals surface area contributed by atoms with E-state index in [1.165, 1.54) is 64.1 Å². The molecular weight excluding hydrogens is 1720 g/mol. The summed E-state index contributed by atoms with van der Waals surface area (Å²) < 4.78 is 97.9. The summed E-state index contributed by atoms with van der Waals surface area (Å²) in [6.07, 6.45) is 0. The Kier molecular flexibility index (Phi) is 78.3. The van der Waals surface area contributed by atoms with Crippen molar-refractivity contribution in [2.45, 2.75) is 13.8 Å². The first-order valence-electron chi connectivity index (χ1n) is 43.7. The van der Waals surface area contributed by atoms with Crippen LogP contribution in [0.25, 0.3) is 0 Å². The number of nitrogens with zero attached hydrogens (tertiary/aromatic N) is 12. The summed E-state index contributed by atoms with van der Waals surface area (Å²) >= 11 is 0. The van der Waals surface area contributed by atoms with Gasteiger partial charge in [-0.1, -0.05) is 0 Å². The fourth-order valence-corrected chi connectivity index (χ4v) is 11.5. The van der Waals surface area contributed by atoms with Gasteiger partial charge in [-0.05, 0) is 6.92 Å². The summed E-state index contributed by atoms with van der Waals surface area (Å²) in [6, 6.07) is 0. The number of ketones is 1. The molecule has 0 bridgehead atoms. The lowest BCUT2D eigenvalue weighted by Crippen LogP contribution is -2.54. The molecule has 0 aromatic carbocycles. The van der Waals surface area contributed by atoms with Gasteiger partial charge in [-0.3, -0.25) is 62.3 Å². The molecule has 0 heterocycles. The Morgan fingerprint density at radius 2 is 0.277 bits per heavy atom. The number of Topliss-reactive ketones (excluding diaryl/α,β-unsaturated/α-hetero) is 1. The van der Waals surface area contributed by atoms with Gasteiger partial charge in [0.1, 0.15) is 5.78 Å². The minimum absolute atomic E-state index is 0.0130. The first-order chi connectivity index (χ1) is 62.8. The molecule has 0 aromatic rings. The average molecular weight is 1880 g/mol. The van der Waals surface area contributed by atoms with Gasteiger partial charge >= 0.3 is 0 Å². The van der Waals surface area contributed by atoms with Crippen LogP contribution in [0.3, 0.4) is 0 Å². The van der Waals surface area contributed by atoms with Gasteiger partial charge in [0.25, 0.3) is 0 Å². The second-order valence-electron chi connectivity index (χ2n) is 28.6. The zero-order chi connectivity index (χ0) is 96.6. The molecule has 49 heteroatoms. The standard InChI is InChI=1S/C81H156N18O31/c1-69(100)57-94(21-27-119-45-51-125-39-33-113-3)77(108)59-89(16-10-83)73(104)65-96(23-29-121-47-53-127-41-35-115-5)79(110)61-91(18-12-85)75(106)67-98(25-31-123-49-55-129-43-37-117-7)81(112)63-93(20-14-87)76(107)68-99(26-32-124-50-56-130-44-38-118-8)80(111)62-92(19-13-86)74(105)66-97(24-30-122-48-54-128-42-36-116-6)78(109)60-90(17-11-84)72(103)64-95(22-28-120-46-52-126-40-34-114-4)71(102)58-88(15-9-82)70(2)101/h9-68,82-87H2,1-8H3. The number of nitrogens with two attached hydrogens (primary N) is 6. The summed E-state index contributed by atoms with van der Waals surface area (Å²) in [5.41, 5.74) is 36.2. The van der Waals surface area contributed by atoms with Gasteiger partial charge in [0.05, 0.1) is 277 Å². The van der Waals surface area contributed by atoms with E-state index >= 15 is 0 Å². The van der Waals surface area contributed by atoms with Gasteiger partial charge in [0.2, 0.25) is 70.9 Å². The predicted molar refractivity (Wildman–Crippen MR) is 471 cm³/mol. The number of hydrogen-bond acceptors (Lipinski definition) is 37. The fraction of sp³-hybridized carbons (Fsp3) is 0.840. The highest BCUT2D eigenvalue weighted by Gasteiger charge is 2.34. The second kappa shape index (κ2) is 83.2. The number of methoxy groups -OCH3 is 6. The van der Waals surface area contributed by atoms with Crippen molar-refractivity contribution in [2.75, 3.05) is 437 Å². The maximum atomic E-state index is 15.0. The van der Waals surface area contributed by atoms with Crippen LogP contribution < -0.4 is 34.4 Å². The highest BCUT2D eigenvalue weighted by Crippen LogP contribution is 2.10. The summed E-state index contributed by atoms with van der Waals surface area (Å²) in [5.74, 6) is -9.15. The van der Waals surface area contributed by atoms with E-state index < -0.39 is 143 Å². The molecule has 0 saturated heterocycles. The normalized spacial score (nSPS) is 11.2. The van der Waals surface area contributed by atoms with E-state index in [0.717, 1.165) is 44.1 Å². The van der Waals surface area contributed by atoms with Crippen LogP contribution in [0, 0.1) is 0 Å². The number of carbonyl (C=O) groups excluding carboxylic acids is 13. The van der Waals surface area contributed by atoms with Crippen molar-refractivity contribution in [3.8, 4) is 0 Å². The van der Waals surface area contributed by atoms with E-state index in [1.54, 1.807) is 7.11 Å². The maximum Gasteiger partial charge on any atom is 0.242 e. The molecule has 0 rings (SSSR count). The molecule has 0 spiro atoms. The highest BCUT2D eigenvalue weighted by molar-refractivity contribution is 5.95.